The van der Waals surface area contributed by atoms with Gasteiger partial charge in [-0.3, -0.25) is 4.57 Å². The molecule has 22 rings (SSSR count). The Hall–Kier alpha value is -14.9. The molecule has 11 nitrogen and oxygen atoms in total. The third-order valence-corrected chi connectivity index (χ3v) is 20.9. The molecule has 0 radical (unpaired) electrons. The van der Waals surface area contributed by atoms with Gasteiger partial charge in [-0.2, -0.15) is 10.2 Å². The summed E-state index contributed by atoms with van der Waals surface area (Å²) in [6.45, 7) is 0. The van der Waals surface area contributed by atoms with Crippen molar-refractivity contribution in [2.75, 3.05) is 4.90 Å². The Kier molecular flexibility index (Phi) is 15.9. The van der Waals surface area contributed by atoms with E-state index in [-0.39, 0.29) is 0 Å². The predicted molar refractivity (Wildman–Crippen MR) is 450 cm³/mol. The quantitative estimate of drug-likeness (QED) is 0.129. The Balaban J connectivity index is 0.000000108. The van der Waals surface area contributed by atoms with Crippen LogP contribution in [0.1, 0.15) is 0 Å². The number of anilines is 3. The smallest absolute Gasteiger partial charge is 0.160 e. The highest BCUT2D eigenvalue weighted by Gasteiger charge is 2.22. The molecule has 0 bridgehead atoms. The highest BCUT2D eigenvalue weighted by atomic mass is 15.2. The summed E-state index contributed by atoms with van der Waals surface area (Å²) in [5.41, 5.74) is 23.3. The minimum atomic E-state index is 0.808. The topological polar surface area (TPSA) is 84.4 Å². The molecule has 514 valence electrons. The molecule has 0 fully saturated rings. The van der Waals surface area contributed by atoms with Gasteiger partial charge in [-0.25, -0.2) is 0 Å². The highest BCUT2D eigenvalue weighted by Crippen LogP contribution is 2.43. The van der Waals surface area contributed by atoms with Crippen LogP contribution in [0.15, 0.2) is 407 Å². The van der Waals surface area contributed by atoms with Gasteiger partial charge in [0.05, 0.1) is 72.9 Å². The fourth-order valence-electron chi connectivity index (χ4n) is 16.0. The molecule has 0 N–H and O–H groups in total. The van der Waals surface area contributed by atoms with E-state index in [1.807, 2.05) is 60.8 Å². The predicted octanol–water partition coefficient (Wildman–Crippen LogP) is 24.6. The Morgan fingerprint density at radius 2 is 0.642 bits per heavy atom. The fraction of sp³-hybridized carbons (Fsp3) is 0. The molecule has 0 saturated heterocycles. The molecular weight excluding hydrogens is 1330 g/mol. The van der Waals surface area contributed by atoms with E-state index in [0.29, 0.717) is 0 Å². The van der Waals surface area contributed by atoms with Gasteiger partial charge in [0.1, 0.15) is 0 Å². The number of nitrogens with zero attached hydrogens (tertiary/aromatic N) is 11. The molecular formula is C98H67N11. The van der Waals surface area contributed by atoms with Crippen LogP contribution in [-0.2, 0) is 0 Å². The van der Waals surface area contributed by atoms with Gasteiger partial charge in [0.25, 0.3) is 0 Å². The summed E-state index contributed by atoms with van der Waals surface area (Å²) in [5.74, 6) is 0.808. The molecule has 109 heavy (non-hydrogen) atoms. The van der Waals surface area contributed by atoms with Gasteiger partial charge < -0.3 is 27.7 Å². The van der Waals surface area contributed by atoms with E-state index in [2.05, 4.69) is 399 Å². The lowest BCUT2D eigenvalue weighted by atomic mass is 10.1. The number of hydrogen-bond acceptors (Lipinski definition) is 5. The first-order chi connectivity index (χ1) is 54.1. The number of benzene rings is 14. The van der Waals surface area contributed by atoms with Crippen LogP contribution in [-0.4, -0.2) is 47.8 Å². The lowest BCUT2D eigenvalue weighted by Crippen LogP contribution is -2.11. The number of rotatable bonds is 11. The van der Waals surface area contributed by atoms with Gasteiger partial charge in [0.2, 0.25) is 0 Å². The van der Waals surface area contributed by atoms with Crippen LogP contribution < -0.4 is 4.90 Å². The van der Waals surface area contributed by atoms with Gasteiger partial charge in [-0.05, 0) is 158 Å². The van der Waals surface area contributed by atoms with Crippen LogP contribution in [0.3, 0.4) is 0 Å². The molecule has 8 aromatic heterocycles. The Bertz CT molecular complexity index is 7010. The summed E-state index contributed by atoms with van der Waals surface area (Å²) in [4.78, 5) is 2.23. The fourth-order valence-corrected chi connectivity index (χ4v) is 16.0. The van der Waals surface area contributed by atoms with E-state index in [1.165, 1.54) is 87.3 Å². The average Bonchev–Trinajstić information content (AvgIpc) is 1.57. The van der Waals surface area contributed by atoms with Crippen molar-refractivity contribution in [1.82, 2.24) is 47.8 Å². The zero-order chi connectivity index (χ0) is 72.1. The number of hydrogen-bond donors (Lipinski definition) is 0. The van der Waals surface area contributed by atoms with Gasteiger partial charge in [0.15, 0.2) is 5.82 Å². The molecule has 0 aliphatic carbocycles. The number of aromatic nitrogens is 10. The summed E-state index contributed by atoms with van der Waals surface area (Å²) in [6.07, 6.45) is 8.28. The molecule has 14 aromatic carbocycles. The molecule has 0 saturated carbocycles. The van der Waals surface area contributed by atoms with E-state index in [1.54, 1.807) is 0 Å². The van der Waals surface area contributed by atoms with E-state index in [9.17, 15) is 0 Å². The normalized spacial score (nSPS) is 11.5. The second-order valence-electron chi connectivity index (χ2n) is 27.2. The first kappa shape index (κ1) is 63.7. The SMILES string of the molecule is c1ccc(-c2cc(N(c3ccccc3)c3ccc4ccn(-c5ccccc5)c4c3)cnn2)cc1.c1ccc(-c2ccc(-n3c4ccccc4c4c5c(ccc43)ccn5-c3ccccc3)nn2)cc1.c1ccc(-n2ccc3ccc4c(c5ccccc5n4-c4ccc(-n5c6ccccc6c6ccccc65)cc4)c32)cc1. The number of para-hydroxylation sites is 8. The van der Waals surface area contributed by atoms with Gasteiger partial charge in [-0.1, -0.05) is 224 Å². The van der Waals surface area contributed by atoms with E-state index >= 15 is 0 Å². The molecule has 11 heteroatoms. The maximum Gasteiger partial charge on any atom is 0.160 e. The minimum absolute atomic E-state index is 0.808. The van der Waals surface area contributed by atoms with Gasteiger partial charge >= 0.3 is 0 Å². The van der Waals surface area contributed by atoms with Crippen molar-refractivity contribution in [2.45, 2.75) is 0 Å². The van der Waals surface area contributed by atoms with Crippen LogP contribution in [0.2, 0.25) is 0 Å². The van der Waals surface area contributed by atoms with Crippen LogP contribution in [0.5, 0.6) is 0 Å². The average molecular weight is 1400 g/mol. The summed E-state index contributed by atoms with van der Waals surface area (Å²) in [5, 5.41) is 29.1. The molecule has 0 unspecified atom stereocenters. The summed E-state index contributed by atoms with van der Waals surface area (Å²) < 4.78 is 13.8. The largest absolute Gasteiger partial charge is 0.316 e. The zero-order valence-corrected chi connectivity index (χ0v) is 59.1. The van der Waals surface area contributed by atoms with E-state index < -0.39 is 0 Å². The standard InChI is InChI=1S/C38H25N3.C30H20N4.C30H22N4/c1-2-10-27(11-3-1)39-25-24-26-18-23-36-37(38(26)39)32-14-6-9-17-35(32)41(36)29-21-19-28(20-22-29)40-33-15-7-4-12-30(33)31-13-5-8-16-34(31)40;1-3-9-21(10-4-1)25-16-18-28(32-31-25)34-26-14-8-7-13-24(26)29-27(34)17-15-22-19-20-33(30(22)29)23-11-5-2-6-12-23;1-4-10-23(11-5-1)29-20-28(22-31-32-29)34(26-14-8-3-9-15-26)27-17-16-24-18-19-33(30(24)21-27)25-12-6-2-7-13-25/h1-25H;1-20H;1-22H. The van der Waals surface area contributed by atoms with E-state index in [4.69, 9.17) is 0 Å². The number of fused-ring (bicyclic) bond motifs is 14. The molecule has 0 aliphatic heterocycles. The molecule has 0 spiro atoms. The van der Waals surface area contributed by atoms with Crippen LogP contribution in [0.25, 0.3) is 155 Å². The van der Waals surface area contributed by atoms with E-state index in [0.717, 1.165) is 84.7 Å². The lowest BCUT2D eigenvalue weighted by molar-refractivity contribution is 0.958. The Morgan fingerprint density at radius 3 is 1.17 bits per heavy atom. The first-order valence-corrected chi connectivity index (χ1v) is 36.7. The van der Waals surface area contributed by atoms with Crippen LogP contribution in [0.4, 0.5) is 17.1 Å². The Labute approximate surface area is 627 Å². The van der Waals surface area contributed by atoms with Crippen molar-refractivity contribution in [1.29, 1.82) is 0 Å². The summed E-state index contributed by atoms with van der Waals surface area (Å²) in [6, 6.07) is 134. The van der Waals surface area contributed by atoms with Crippen LogP contribution in [0, 0.1) is 0 Å². The maximum atomic E-state index is 4.65. The van der Waals surface area contributed by atoms with Crippen molar-refractivity contribution in [3.8, 4) is 56.8 Å². The molecule has 0 atom stereocenters. The Morgan fingerprint density at radius 1 is 0.229 bits per heavy atom. The maximum absolute atomic E-state index is 4.65. The van der Waals surface area contributed by atoms with Crippen molar-refractivity contribution in [3.05, 3.63) is 407 Å². The van der Waals surface area contributed by atoms with Crippen molar-refractivity contribution in [2.24, 2.45) is 0 Å². The first-order valence-electron chi connectivity index (χ1n) is 36.7. The second kappa shape index (κ2) is 27.3. The van der Waals surface area contributed by atoms with Crippen molar-refractivity contribution >= 4 is 115 Å². The van der Waals surface area contributed by atoms with Crippen LogP contribution >= 0.6 is 0 Å². The van der Waals surface area contributed by atoms with Gasteiger partial charge in [-0.15, -0.1) is 10.2 Å². The highest BCUT2D eigenvalue weighted by molar-refractivity contribution is 6.22. The third kappa shape index (κ3) is 11.3. The zero-order valence-electron chi connectivity index (χ0n) is 59.1. The minimum Gasteiger partial charge on any atom is -0.316 e. The molecule has 8 heterocycles. The lowest BCUT2D eigenvalue weighted by Gasteiger charge is -2.25. The molecule has 0 amide bonds. The van der Waals surface area contributed by atoms with Crippen molar-refractivity contribution in [3.63, 3.8) is 0 Å². The molecule has 22 aromatic rings. The second-order valence-corrected chi connectivity index (χ2v) is 27.2. The molecule has 0 aliphatic rings. The third-order valence-electron chi connectivity index (χ3n) is 20.9. The summed E-state index contributed by atoms with van der Waals surface area (Å²) >= 11 is 0. The van der Waals surface area contributed by atoms with Crippen molar-refractivity contribution < 1.29 is 0 Å². The monoisotopic (exact) mass is 1400 g/mol. The van der Waals surface area contributed by atoms with Gasteiger partial charge in [0, 0.05) is 118 Å². The summed E-state index contributed by atoms with van der Waals surface area (Å²) in [7, 11) is 0.